The summed E-state index contributed by atoms with van der Waals surface area (Å²) in [4.78, 5) is 0. The van der Waals surface area contributed by atoms with Crippen molar-refractivity contribution in [1.29, 1.82) is 0 Å². The molecule has 0 radical (unpaired) electrons. The Bertz CT molecular complexity index is 394. The predicted octanol–water partition coefficient (Wildman–Crippen LogP) is 5.31. The molecule has 0 heterocycles. The number of hydrogen-bond donors (Lipinski definition) is 1. The molecule has 0 unspecified atom stereocenters. The maximum atomic E-state index is 3.80. The highest BCUT2D eigenvalue weighted by Gasteiger charge is 2.24. The van der Waals surface area contributed by atoms with E-state index in [2.05, 4.69) is 66.3 Å². The monoisotopic (exact) mass is 323 g/mol. The van der Waals surface area contributed by atoms with E-state index in [1.54, 1.807) is 0 Å². The molecule has 2 heteroatoms. The van der Waals surface area contributed by atoms with E-state index in [1.807, 2.05) is 0 Å². The van der Waals surface area contributed by atoms with Crippen LogP contribution in [0.3, 0.4) is 0 Å². The fraction of sp³-hybridized carbons (Fsp3) is 0.647. The Labute approximate surface area is 126 Å². The van der Waals surface area contributed by atoms with Crippen molar-refractivity contribution in [2.75, 3.05) is 0 Å². The molecule has 1 fully saturated rings. The van der Waals surface area contributed by atoms with Crippen LogP contribution in [0.15, 0.2) is 28.7 Å². The first-order chi connectivity index (χ1) is 9.06. The van der Waals surface area contributed by atoms with Crippen LogP contribution in [0.2, 0.25) is 0 Å². The topological polar surface area (TPSA) is 12.0 Å². The molecule has 1 aliphatic rings. The Morgan fingerprint density at radius 2 is 1.79 bits per heavy atom. The molecule has 0 bridgehead atoms. The molecule has 1 N–H and O–H groups in total. The van der Waals surface area contributed by atoms with E-state index in [0.717, 1.165) is 11.8 Å². The molecule has 1 atom stereocenters. The van der Waals surface area contributed by atoms with Gasteiger partial charge < -0.3 is 5.32 Å². The summed E-state index contributed by atoms with van der Waals surface area (Å²) in [5.74, 6) is 1.79. The van der Waals surface area contributed by atoms with Crippen molar-refractivity contribution in [2.45, 2.75) is 58.5 Å². The van der Waals surface area contributed by atoms with Crippen molar-refractivity contribution >= 4 is 15.9 Å². The number of halogens is 1. The zero-order chi connectivity index (χ0) is 13.8. The maximum absolute atomic E-state index is 3.80. The van der Waals surface area contributed by atoms with E-state index in [4.69, 9.17) is 0 Å². The van der Waals surface area contributed by atoms with Gasteiger partial charge in [0.1, 0.15) is 0 Å². The quantitative estimate of drug-likeness (QED) is 0.791. The second-order valence-electron chi connectivity index (χ2n) is 6.30. The Morgan fingerprint density at radius 3 is 2.37 bits per heavy atom. The minimum atomic E-state index is 0.443. The van der Waals surface area contributed by atoms with Crippen LogP contribution in [0, 0.1) is 11.8 Å². The van der Waals surface area contributed by atoms with Gasteiger partial charge in [0.05, 0.1) is 0 Å². The largest absolute Gasteiger partial charge is 0.307 e. The van der Waals surface area contributed by atoms with E-state index in [-0.39, 0.29) is 0 Å². The summed E-state index contributed by atoms with van der Waals surface area (Å²) in [6, 6.07) is 9.78. The van der Waals surface area contributed by atoms with Crippen LogP contribution >= 0.6 is 15.9 Å². The van der Waals surface area contributed by atoms with Crippen molar-refractivity contribution in [3.05, 3.63) is 34.3 Å². The Kier molecular flexibility index (Phi) is 5.47. The van der Waals surface area contributed by atoms with Gasteiger partial charge in [0.25, 0.3) is 0 Å². The summed E-state index contributed by atoms with van der Waals surface area (Å²) in [5, 5.41) is 3.80. The van der Waals surface area contributed by atoms with Crippen molar-refractivity contribution < 1.29 is 0 Å². The zero-order valence-corrected chi connectivity index (χ0v) is 13.9. The summed E-state index contributed by atoms with van der Waals surface area (Å²) in [5.41, 5.74) is 1.38. The minimum Gasteiger partial charge on any atom is -0.307 e. The number of rotatable bonds is 4. The van der Waals surface area contributed by atoms with E-state index in [0.29, 0.717) is 12.1 Å². The normalized spacial score (nSPS) is 25.5. The van der Waals surface area contributed by atoms with Crippen molar-refractivity contribution in [2.24, 2.45) is 11.8 Å². The van der Waals surface area contributed by atoms with Crippen LogP contribution < -0.4 is 5.32 Å². The highest BCUT2D eigenvalue weighted by atomic mass is 79.9. The molecule has 0 spiro atoms. The fourth-order valence-electron chi connectivity index (χ4n) is 3.18. The van der Waals surface area contributed by atoms with Crippen LogP contribution in [-0.4, -0.2) is 6.04 Å². The van der Waals surface area contributed by atoms with Gasteiger partial charge in [-0.25, -0.2) is 0 Å². The van der Waals surface area contributed by atoms with E-state index in [9.17, 15) is 0 Å². The van der Waals surface area contributed by atoms with Gasteiger partial charge in [-0.05, 0) is 62.1 Å². The third-order valence-corrected chi connectivity index (χ3v) is 5.04. The maximum Gasteiger partial charge on any atom is 0.0294 e. The first-order valence-electron chi connectivity index (χ1n) is 7.57. The average Bonchev–Trinajstić information content (AvgIpc) is 2.39. The van der Waals surface area contributed by atoms with Gasteiger partial charge in [-0.2, -0.15) is 0 Å². The predicted molar refractivity (Wildman–Crippen MR) is 86.3 cm³/mol. The standard InChI is InChI=1S/C17H26BrN/c1-12(2)14-7-9-17(10-8-14)19-13(3)15-5-4-6-16(18)11-15/h4-6,11-14,17,19H,7-10H2,1-3H3/t13-,14?,17?/m0/s1. The summed E-state index contributed by atoms with van der Waals surface area (Å²) >= 11 is 3.55. The SMILES string of the molecule is CC(C)C1CCC(N[C@@H](C)c2cccc(Br)c2)CC1. The molecular formula is C17H26BrN. The van der Waals surface area contributed by atoms with Crippen molar-refractivity contribution in [3.63, 3.8) is 0 Å². The highest BCUT2D eigenvalue weighted by Crippen LogP contribution is 2.31. The molecule has 0 saturated heterocycles. The molecule has 19 heavy (non-hydrogen) atoms. The molecule has 1 nitrogen and oxygen atoms in total. The third kappa shape index (κ3) is 4.32. The Hall–Kier alpha value is -0.340. The lowest BCUT2D eigenvalue weighted by Gasteiger charge is -2.33. The number of benzene rings is 1. The van der Waals surface area contributed by atoms with Crippen molar-refractivity contribution in [1.82, 2.24) is 5.32 Å². The molecule has 1 aliphatic carbocycles. The lowest BCUT2D eigenvalue weighted by Crippen LogP contribution is -2.35. The molecule has 1 aromatic rings. The average molecular weight is 324 g/mol. The van der Waals surface area contributed by atoms with Crippen LogP contribution in [0.1, 0.15) is 58.1 Å². The minimum absolute atomic E-state index is 0.443. The highest BCUT2D eigenvalue weighted by molar-refractivity contribution is 9.10. The van der Waals surface area contributed by atoms with E-state index in [1.165, 1.54) is 35.7 Å². The van der Waals surface area contributed by atoms with Gasteiger partial charge in [-0.1, -0.05) is 41.9 Å². The summed E-state index contributed by atoms with van der Waals surface area (Å²) < 4.78 is 1.17. The molecule has 0 amide bonds. The molecular weight excluding hydrogens is 298 g/mol. The molecule has 2 rings (SSSR count). The van der Waals surface area contributed by atoms with Crippen molar-refractivity contribution in [3.8, 4) is 0 Å². The molecule has 1 saturated carbocycles. The summed E-state index contributed by atoms with van der Waals surface area (Å²) in [6.07, 6.45) is 5.45. The summed E-state index contributed by atoms with van der Waals surface area (Å²) in [6.45, 7) is 7.00. The van der Waals surface area contributed by atoms with Gasteiger partial charge in [-0.3, -0.25) is 0 Å². The number of nitrogens with one attached hydrogen (secondary N) is 1. The van der Waals surface area contributed by atoms with E-state index < -0.39 is 0 Å². The molecule has 0 aliphatic heterocycles. The van der Waals surface area contributed by atoms with Crippen LogP contribution in [0.25, 0.3) is 0 Å². The first-order valence-corrected chi connectivity index (χ1v) is 8.37. The number of hydrogen-bond acceptors (Lipinski definition) is 1. The smallest absolute Gasteiger partial charge is 0.0294 e. The van der Waals surface area contributed by atoms with Gasteiger partial charge in [0.2, 0.25) is 0 Å². The van der Waals surface area contributed by atoms with Gasteiger partial charge in [-0.15, -0.1) is 0 Å². The Morgan fingerprint density at radius 1 is 1.11 bits per heavy atom. The second-order valence-corrected chi connectivity index (χ2v) is 7.21. The fourth-order valence-corrected chi connectivity index (χ4v) is 3.60. The lowest BCUT2D eigenvalue weighted by atomic mass is 9.79. The zero-order valence-electron chi connectivity index (χ0n) is 12.3. The molecule has 106 valence electrons. The molecule has 1 aromatic carbocycles. The lowest BCUT2D eigenvalue weighted by molar-refractivity contribution is 0.231. The van der Waals surface area contributed by atoms with E-state index >= 15 is 0 Å². The van der Waals surface area contributed by atoms with Crippen LogP contribution in [0.4, 0.5) is 0 Å². The van der Waals surface area contributed by atoms with Crippen LogP contribution in [-0.2, 0) is 0 Å². The second kappa shape index (κ2) is 6.90. The van der Waals surface area contributed by atoms with Gasteiger partial charge in [0.15, 0.2) is 0 Å². The third-order valence-electron chi connectivity index (χ3n) is 4.55. The van der Waals surface area contributed by atoms with Gasteiger partial charge in [0, 0.05) is 16.6 Å². The molecule has 0 aromatic heterocycles. The van der Waals surface area contributed by atoms with Gasteiger partial charge >= 0.3 is 0 Å². The first kappa shape index (κ1) is 15.1. The summed E-state index contributed by atoms with van der Waals surface area (Å²) in [7, 11) is 0. The van der Waals surface area contributed by atoms with Crippen LogP contribution in [0.5, 0.6) is 0 Å². The Balaban J connectivity index is 1.85.